The van der Waals surface area contributed by atoms with Crippen LogP contribution >= 0.6 is 0 Å². The minimum absolute atomic E-state index is 0.0148. The Morgan fingerprint density at radius 2 is 2.10 bits per heavy atom. The molecule has 11 heteroatoms. The van der Waals surface area contributed by atoms with Gasteiger partial charge in [-0.2, -0.15) is 0 Å². The van der Waals surface area contributed by atoms with Gasteiger partial charge in [0.2, 0.25) is 0 Å². The first-order valence-electron chi connectivity index (χ1n) is 8.32. The van der Waals surface area contributed by atoms with E-state index in [-0.39, 0.29) is 23.0 Å². The van der Waals surface area contributed by atoms with E-state index >= 15 is 0 Å². The summed E-state index contributed by atoms with van der Waals surface area (Å²) in [6, 6.07) is 5.59. The Hall–Kier alpha value is -4.28. The van der Waals surface area contributed by atoms with Crippen molar-refractivity contribution in [3.8, 4) is 5.82 Å². The summed E-state index contributed by atoms with van der Waals surface area (Å²) in [6.45, 7) is 0. The van der Waals surface area contributed by atoms with Crippen molar-refractivity contribution >= 4 is 23.1 Å². The molecule has 0 aliphatic rings. The third kappa shape index (κ3) is 4.18. The van der Waals surface area contributed by atoms with E-state index in [0.29, 0.717) is 11.5 Å². The first kappa shape index (κ1) is 19.5. The Morgan fingerprint density at radius 1 is 1.31 bits per heavy atom. The van der Waals surface area contributed by atoms with Gasteiger partial charge in [-0.25, -0.2) is 19.4 Å². The first-order valence-corrected chi connectivity index (χ1v) is 8.32. The molecular formula is C18H17FN8O2. The van der Waals surface area contributed by atoms with Gasteiger partial charge < -0.3 is 21.8 Å². The first-order chi connectivity index (χ1) is 13.9. The highest BCUT2D eigenvalue weighted by Crippen LogP contribution is 2.12. The summed E-state index contributed by atoms with van der Waals surface area (Å²) in [5.41, 5.74) is 11.1. The molecule has 0 aliphatic heterocycles. The molecule has 0 bridgehead atoms. The smallest absolute Gasteiger partial charge is 0.282 e. The molecule has 29 heavy (non-hydrogen) atoms. The van der Waals surface area contributed by atoms with Gasteiger partial charge in [0.1, 0.15) is 17.2 Å². The number of amidine groups is 1. The lowest BCUT2D eigenvalue weighted by atomic mass is 10.3. The summed E-state index contributed by atoms with van der Waals surface area (Å²) in [7, 11) is 1.62. The quantitative estimate of drug-likeness (QED) is 0.350. The van der Waals surface area contributed by atoms with Crippen LogP contribution in [0.25, 0.3) is 11.5 Å². The average molecular weight is 396 g/mol. The van der Waals surface area contributed by atoms with Crippen molar-refractivity contribution < 1.29 is 9.18 Å². The van der Waals surface area contributed by atoms with Crippen LogP contribution in [0.4, 0.5) is 10.1 Å². The lowest BCUT2D eigenvalue weighted by Gasteiger charge is -2.06. The van der Waals surface area contributed by atoms with Gasteiger partial charge in [0.05, 0.1) is 11.9 Å². The van der Waals surface area contributed by atoms with Crippen LogP contribution in [-0.4, -0.2) is 38.3 Å². The number of amides is 1. The molecule has 6 N–H and O–H groups in total. The van der Waals surface area contributed by atoms with Crippen LogP contribution in [0.5, 0.6) is 0 Å². The number of halogens is 1. The van der Waals surface area contributed by atoms with Gasteiger partial charge >= 0.3 is 0 Å². The number of aliphatic imine (C=N–C) groups is 1. The van der Waals surface area contributed by atoms with E-state index in [1.54, 1.807) is 7.05 Å². The average Bonchev–Trinajstić information content (AvgIpc) is 3.19. The Morgan fingerprint density at radius 3 is 2.76 bits per heavy atom. The molecule has 148 valence electrons. The Labute approximate surface area is 163 Å². The molecule has 0 fully saturated rings. The van der Waals surface area contributed by atoms with Crippen molar-refractivity contribution in [2.24, 2.45) is 16.5 Å². The molecule has 1 amide bonds. The van der Waals surface area contributed by atoms with Crippen molar-refractivity contribution in [2.45, 2.75) is 0 Å². The van der Waals surface area contributed by atoms with Crippen molar-refractivity contribution in [2.75, 3.05) is 7.05 Å². The maximum atomic E-state index is 14.0. The monoisotopic (exact) mass is 396 g/mol. The number of imidazole rings is 1. The molecule has 0 unspecified atom stereocenters. The van der Waals surface area contributed by atoms with E-state index in [2.05, 4.69) is 25.3 Å². The molecule has 0 saturated heterocycles. The van der Waals surface area contributed by atoms with Crippen LogP contribution in [0.1, 0.15) is 16.3 Å². The Bertz CT molecular complexity index is 1180. The minimum Gasteiger partial charge on any atom is -0.385 e. The molecule has 10 nitrogen and oxygen atoms in total. The van der Waals surface area contributed by atoms with Gasteiger partial charge in [0, 0.05) is 25.5 Å². The third-order valence-corrected chi connectivity index (χ3v) is 3.80. The van der Waals surface area contributed by atoms with Crippen LogP contribution in [0.2, 0.25) is 0 Å². The van der Waals surface area contributed by atoms with E-state index in [9.17, 15) is 14.0 Å². The van der Waals surface area contributed by atoms with Crippen molar-refractivity contribution in [1.82, 2.24) is 24.8 Å². The molecule has 0 aliphatic carbocycles. The number of nitrogens with one attached hydrogen (secondary N) is 2. The predicted molar refractivity (Wildman–Crippen MR) is 105 cm³/mol. The van der Waals surface area contributed by atoms with Gasteiger partial charge in [-0.05, 0) is 24.3 Å². The zero-order valence-corrected chi connectivity index (χ0v) is 15.3. The van der Waals surface area contributed by atoms with Gasteiger partial charge in [-0.1, -0.05) is 0 Å². The maximum absolute atomic E-state index is 14.0. The highest BCUT2D eigenvalue weighted by atomic mass is 19.1. The molecule has 3 aromatic heterocycles. The van der Waals surface area contributed by atoms with Crippen LogP contribution in [-0.2, 0) is 0 Å². The highest BCUT2D eigenvalue weighted by Gasteiger charge is 2.11. The van der Waals surface area contributed by atoms with E-state index in [1.165, 1.54) is 48.9 Å². The number of pyridine rings is 2. The molecule has 3 rings (SSSR count). The van der Waals surface area contributed by atoms with Crippen LogP contribution in [0.3, 0.4) is 0 Å². The summed E-state index contributed by atoms with van der Waals surface area (Å²) in [6.07, 6.45) is 5.46. The number of carbonyl (C=O) groups is 1. The summed E-state index contributed by atoms with van der Waals surface area (Å²) < 4.78 is 15.0. The highest BCUT2D eigenvalue weighted by molar-refractivity contribution is 5.99. The van der Waals surface area contributed by atoms with Gasteiger partial charge in [0.15, 0.2) is 17.5 Å². The van der Waals surface area contributed by atoms with Crippen molar-refractivity contribution in [1.29, 1.82) is 0 Å². The number of carbonyl (C=O) groups excluding carboxylic acids is 1. The van der Waals surface area contributed by atoms with Gasteiger partial charge in [-0.15, -0.1) is 0 Å². The molecule has 3 aromatic rings. The summed E-state index contributed by atoms with van der Waals surface area (Å²) in [5, 5.41) is 2.86. The van der Waals surface area contributed by atoms with E-state index in [1.807, 2.05) is 0 Å². The lowest BCUT2D eigenvalue weighted by molar-refractivity contribution is 0.0996. The number of aromatic nitrogens is 4. The number of hydrogen-bond acceptors (Lipinski definition) is 6. The standard InChI is InChI=1S/C18H17FN8O2/c1-22-12(16-24-9-13(26-16)15(21)28)8-14(20)25-11-5-3-7-27(18(11)29)17-10(19)4-2-6-23-17/h2-9,22H,1H3,(H2,20,25)(H2,21,28)(H,24,26)/b12-8+. The van der Waals surface area contributed by atoms with Crippen LogP contribution in [0.15, 0.2) is 58.7 Å². The SMILES string of the molecule is CN/C(=C/C(N)=Nc1cccn(-c2ncccc2F)c1=O)c1ncc(C(N)=O)[nH]1. The summed E-state index contributed by atoms with van der Waals surface area (Å²) in [5.74, 6) is -1.17. The number of primary amides is 1. The second-order valence-corrected chi connectivity index (χ2v) is 5.73. The second kappa shape index (κ2) is 8.17. The fourth-order valence-electron chi connectivity index (χ4n) is 2.45. The fourth-order valence-corrected chi connectivity index (χ4v) is 2.45. The lowest BCUT2D eigenvalue weighted by Crippen LogP contribution is -2.20. The fraction of sp³-hybridized carbons (Fsp3) is 0.0556. The molecule has 0 aromatic carbocycles. The predicted octanol–water partition coefficient (Wildman–Crippen LogP) is 0.443. The molecule has 0 saturated carbocycles. The van der Waals surface area contributed by atoms with Gasteiger partial charge in [0.25, 0.3) is 11.5 Å². The number of aromatic amines is 1. The zero-order valence-electron chi connectivity index (χ0n) is 15.3. The molecule has 0 radical (unpaired) electrons. The number of nitrogens with two attached hydrogens (primary N) is 2. The maximum Gasteiger partial charge on any atom is 0.282 e. The molecule has 0 spiro atoms. The normalized spacial score (nSPS) is 12.1. The number of hydrogen-bond donors (Lipinski definition) is 4. The van der Waals surface area contributed by atoms with Crippen LogP contribution < -0.4 is 22.3 Å². The number of rotatable bonds is 6. The third-order valence-electron chi connectivity index (χ3n) is 3.80. The van der Waals surface area contributed by atoms with Crippen molar-refractivity contribution in [3.05, 3.63) is 76.6 Å². The number of nitrogens with zero attached hydrogens (tertiary/aromatic N) is 4. The molecule has 0 atom stereocenters. The molecule has 3 heterocycles. The topological polar surface area (TPSA) is 157 Å². The van der Waals surface area contributed by atoms with Gasteiger partial charge in [-0.3, -0.25) is 14.2 Å². The Balaban J connectivity index is 1.98. The number of H-pyrrole nitrogens is 1. The van der Waals surface area contributed by atoms with Crippen molar-refractivity contribution in [3.63, 3.8) is 0 Å². The summed E-state index contributed by atoms with van der Waals surface area (Å²) >= 11 is 0. The van der Waals surface area contributed by atoms with E-state index in [4.69, 9.17) is 11.5 Å². The Kier molecular flexibility index (Phi) is 5.49. The van der Waals surface area contributed by atoms with E-state index in [0.717, 1.165) is 4.57 Å². The minimum atomic E-state index is -0.660. The zero-order chi connectivity index (χ0) is 21.0. The second-order valence-electron chi connectivity index (χ2n) is 5.73. The summed E-state index contributed by atoms with van der Waals surface area (Å²) in [4.78, 5) is 38.6. The van der Waals surface area contributed by atoms with Crippen LogP contribution in [0, 0.1) is 5.82 Å². The molecular weight excluding hydrogens is 379 g/mol. The largest absolute Gasteiger partial charge is 0.385 e. The van der Waals surface area contributed by atoms with E-state index < -0.39 is 17.3 Å².